The highest BCUT2D eigenvalue weighted by Gasteiger charge is 2.17. The molecule has 3 aromatic rings. The first-order chi connectivity index (χ1) is 13.0. The summed E-state index contributed by atoms with van der Waals surface area (Å²) in [6, 6.07) is 13.3. The Balaban J connectivity index is 1.70. The lowest BCUT2D eigenvalue weighted by Gasteiger charge is -2.16. The first kappa shape index (κ1) is 18.6. The van der Waals surface area contributed by atoms with Crippen LogP contribution in [0.15, 0.2) is 47.0 Å². The summed E-state index contributed by atoms with van der Waals surface area (Å²) < 4.78 is 10.8. The third kappa shape index (κ3) is 4.34. The van der Waals surface area contributed by atoms with E-state index in [0.29, 0.717) is 23.9 Å². The first-order valence-corrected chi connectivity index (χ1v) is 8.86. The second-order valence-electron chi connectivity index (χ2n) is 6.45. The van der Waals surface area contributed by atoms with E-state index in [-0.39, 0.29) is 12.5 Å². The number of aromatic nitrogens is 2. The summed E-state index contributed by atoms with van der Waals surface area (Å²) in [6.45, 7) is 6.71. The molecule has 0 saturated heterocycles. The van der Waals surface area contributed by atoms with Gasteiger partial charge in [0, 0.05) is 18.2 Å². The van der Waals surface area contributed by atoms with Crippen molar-refractivity contribution < 1.29 is 14.1 Å². The number of amides is 1. The number of rotatable bonds is 6. The van der Waals surface area contributed by atoms with Gasteiger partial charge >= 0.3 is 0 Å². The van der Waals surface area contributed by atoms with Gasteiger partial charge in [-0.05, 0) is 44.5 Å². The van der Waals surface area contributed by atoms with E-state index in [1.165, 1.54) is 5.56 Å². The molecule has 27 heavy (non-hydrogen) atoms. The van der Waals surface area contributed by atoms with Crippen LogP contribution in [0.1, 0.15) is 34.3 Å². The molecule has 140 valence electrons. The SMILES string of the molecule is CCOc1ccc(C(=O)N(C)Cc2nc(-c3ccc(C)cc3)no2)cc1C. The first-order valence-electron chi connectivity index (χ1n) is 8.86. The van der Waals surface area contributed by atoms with Gasteiger partial charge in [0.25, 0.3) is 5.91 Å². The van der Waals surface area contributed by atoms with Crippen LogP contribution in [0.5, 0.6) is 5.75 Å². The van der Waals surface area contributed by atoms with Gasteiger partial charge in [-0.15, -0.1) is 0 Å². The van der Waals surface area contributed by atoms with Crippen LogP contribution in [-0.2, 0) is 6.54 Å². The highest BCUT2D eigenvalue weighted by atomic mass is 16.5. The standard InChI is InChI=1S/C21H23N3O3/c1-5-26-18-11-10-17(12-15(18)3)21(25)24(4)13-19-22-20(23-27-19)16-8-6-14(2)7-9-16/h6-12H,5,13H2,1-4H3. The Bertz CT molecular complexity index is 932. The predicted octanol–water partition coefficient (Wildman–Crippen LogP) is 4.02. The molecule has 2 aromatic carbocycles. The topological polar surface area (TPSA) is 68.5 Å². The zero-order chi connectivity index (χ0) is 19.4. The van der Waals surface area contributed by atoms with Crippen LogP contribution in [-0.4, -0.2) is 34.6 Å². The van der Waals surface area contributed by atoms with Crippen molar-refractivity contribution in [2.75, 3.05) is 13.7 Å². The van der Waals surface area contributed by atoms with Gasteiger partial charge in [0.15, 0.2) is 0 Å². The highest BCUT2D eigenvalue weighted by Crippen LogP contribution is 2.21. The molecule has 0 saturated carbocycles. The molecule has 0 unspecified atom stereocenters. The fraction of sp³-hybridized carbons (Fsp3) is 0.286. The molecule has 0 fully saturated rings. The molecule has 1 amide bonds. The van der Waals surface area contributed by atoms with Crippen molar-refractivity contribution in [1.82, 2.24) is 15.0 Å². The average Bonchev–Trinajstić information content (AvgIpc) is 3.12. The van der Waals surface area contributed by atoms with Gasteiger partial charge in [-0.2, -0.15) is 4.98 Å². The number of ether oxygens (including phenoxy) is 1. The lowest BCUT2D eigenvalue weighted by atomic mass is 10.1. The lowest BCUT2D eigenvalue weighted by Crippen LogP contribution is -2.26. The maximum absolute atomic E-state index is 12.7. The van der Waals surface area contributed by atoms with Crippen molar-refractivity contribution in [2.45, 2.75) is 27.3 Å². The molecule has 0 spiro atoms. The third-order valence-electron chi connectivity index (χ3n) is 4.22. The van der Waals surface area contributed by atoms with Crippen molar-refractivity contribution in [3.63, 3.8) is 0 Å². The number of benzene rings is 2. The Labute approximate surface area is 158 Å². The molecular weight excluding hydrogens is 342 g/mol. The Morgan fingerprint density at radius 2 is 1.89 bits per heavy atom. The molecule has 1 aromatic heterocycles. The summed E-state index contributed by atoms with van der Waals surface area (Å²) in [4.78, 5) is 18.6. The van der Waals surface area contributed by atoms with Crippen molar-refractivity contribution >= 4 is 5.91 Å². The molecule has 0 bridgehead atoms. The predicted molar refractivity (Wildman–Crippen MR) is 103 cm³/mol. The minimum absolute atomic E-state index is 0.115. The molecule has 0 N–H and O–H groups in total. The molecule has 0 aliphatic heterocycles. The number of hydrogen-bond acceptors (Lipinski definition) is 5. The molecule has 0 aliphatic rings. The number of carbonyl (C=O) groups excluding carboxylic acids is 1. The maximum Gasteiger partial charge on any atom is 0.254 e. The van der Waals surface area contributed by atoms with Gasteiger partial charge in [0.1, 0.15) is 5.75 Å². The van der Waals surface area contributed by atoms with Gasteiger partial charge < -0.3 is 14.2 Å². The van der Waals surface area contributed by atoms with E-state index in [4.69, 9.17) is 9.26 Å². The van der Waals surface area contributed by atoms with Crippen molar-refractivity contribution in [2.24, 2.45) is 0 Å². The Morgan fingerprint density at radius 1 is 1.15 bits per heavy atom. The summed E-state index contributed by atoms with van der Waals surface area (Å²) in [6.07, 6.45) is 0. The van der Waals surface area contributed by atoms with Crippen LogP contribution < -0.4 is 4.74 Å². The fourth-order valence-electron chi connectivity index (χ4n) is 2.73. The zero-order valence-electron chi connectivity index (χ0n) is 16.0. The summed E-state index contributed by atoms with van der Waals surface area (Å²) in [5.41, 5.74) is 3.57. The lowest BCUT2D eigenvalue weighted by molar-refractivity contribution is 0.0769. The summed E-state index contributed by atoms with van der Waals surface area (Å²) in [7, 11) is 1.71. The van der Waals surface area contributed by atoms with E-state index in [1.54, 1.807) is 18.0 Å². The maximum atomic E-state index is 12.7. The van der Waals surface area contributed by atoms with E-state index >= 15 is 0 Å². The number of nitrogens with zero attached hydrogens (tertiary/aromatic N) is 3. The minimum atomic E-state index is -0.115. The Morgan fingerprint density at radius 3 is 2.56 bits per heavy atom. The fourth-order valence-corrected chi connectivity index (χ4v) is 2.73. The summed E-state index contributed by atoms with van der Waals surface area (Å²) in [5, 5.41) is 4.01. The molecule has 0 radical (unpaired) electrons. The number of aryl methyl sites for hydroxylation is 2. The van der Waals surface area contributed by atoms with E-state index in [1.807, 2.05) is 57.2 Å². The summed E-state index contributed by atoms with van der Waals surface area (Å²) >= 11 is 0. The van der Waals surface area contributed by atoms with Gasteiger partial charge in [-0.3, -0.25) is 4.79 Å². The third-order valence-corrected chi connectivity index (χ3v) is 4.22. The Hall–Kier alpha value is -3.15. The van der Waals surface area contributed by atoms with E-state index in [0.717, 1.165) is 16.9 Å². The average molecular weight is 365 g/mol. The second-order valence-corrected chi connectivity index (χ2v) is 6.45. The zero-order valence-corrected chi connectivity index (χ0v) is 16.0. The van der Waals surface area contributed by atoms with Gasteiger partial charge in [0.05, 0.1) is 13.2 Å². The van der Waals surface area contributed by atoms with Crippen LogP contribution >= 0.6 is 0 Å². The van der Waals surface area contributed by atoms with E-state index in [9.17, 15) is 4.79 Å². The van der Waals surface area contributed by atoms with Crippen molar-refractivity contribution in [3.8, 4) is 17.1 Å². The van der Waals surface area contributed by atoms with Crippen LogP contribution in [0.3, 0.4) is 0 Å². The molecule has 0 aliphatic carbocycles. The van der Waals surface area contributed by atoms with Crippen LogP contribution in [0.4, 0.5) is 0 Å². The molecule has 6 nitrogen and oxygen atoms in total. The quantitative estimate of drug-likeness (QED) is 0.660. The highest BCUT2D eigenvalue weighted by molar-refractivity contribution is 5.94. The van der Waals surface area contributed by atoms with Crippen LogP contribution in [0.2, 0.25) is 0 Å². The van der Waals surface area contributed by atoms with E-state index in [2.05, 4.69) is 10.1 Å². The largest absolute Gasteiger partial charge is 0.494 e. The van der Waals surface area contributed by atoms with Crippen LogP contribution in [0, 0.1) is 13.8 Å². The minimum Gasteiger partial charge on any atom is -0.494 e. The monoisotopic (exact) mass is 365 g/mol. The molecule has 1 heterocycles. The molecule has 3 rings (SSSR count). The smallest absolute Gasteiger partial charge is 0.254 e. The van der Waals surface area contributed by atoms with Gasteiger partial charge in [0.2, 0.25) is 11.7 Å². The normalized spacial score (nSPS) is 10.7. The van der Waals surface area contributed by atoms with Gasteiger partial charge in [-0.1, -0.05) is 35.0 Å². The van der Waals surface area contributed by atoms with E-state index < -0.39 is 0 Å². The van der Waals surface area contributed by atoms with Crippen molar-refractivity contribution in [1.29, 1.82) is 0 Å². The van der Waals surface area contributed by atoms with Crippen LogP contribution in [0.25, 0.3) is 11.4 Å². The second kappa shape index (κ2) is 8.03. The number of hydrogen-bond donors (Lipinski definition) is 0. The molecule has 6 heteroatoms. The Kier molecular flexibility index (Phi) is 5.54. The summed E-state index contributed by atoms with van der Waals surface area (Å²) in [5.74, 6) is 1.58. The van der Waals surface area contributed by atoms with Crippen molar-refractivity contribution in [3.05, 3.63) is 65.0 Å². The van der Waals surface area contributed by atoms with Gasteiger partial charge in [-0.25, -0.2) is 0 Å². The molecule has 0 atom stereocenters. The number of carbonyl (C=O) groups is 1. The molecular formula is C21H23N3O3.